The molecule has 1 heterocycles. The van der Waals surface area contributed by atoms with Gasteiger partial charge in [-0.2, -0.15) is 0 Å². The predicted octanol–water partition coefficient (Wildman–Crippen LogP) is 7.88. The molecule has 0 amide bonds. The van der Waals surface area contributed by atoms with Crippen LogP contribution in [0.4, 0.5) is 0 Å². The largest absolute Gasteiger partial charge is 0.462 e. The monoisotopic (exact) mass is 578 g/mol. The molecule has 0 spiro atoms. The molecule has 2 aliphatic carbocycles. The van der Waals surface area contributed by atoms with Gasteiger partial charge in [0.25, 0.3) is 0 Å². The SMILES string of the molecule is C[C@H]1C=CC2=C[C@H](C)[C@@H](CO[Si](C)(C)C(C)(C)C)[C@H](O)[C@@H]2[C@H]1CC[C@@H]1C[C@@H](O[Si](C)(C)C(C)(C)C)CC(=O)O1. The molecule has 0 aromatic rings. The molecule has 7 heteroatoms. The molecule has 0 unspecified atom stereocenters. The summed E-state index contributed by atoms with van der Waals surface area (Å²) in [6, 6.07) is 0. The van der Waals surface area contributed by atoms with Crippen LogP contribution < -0.4 is 0 Å². The third-order valence-electron chi connectivity index (χ3n) is 10.8. The van der Waals surface area contributed by atoms with Gasteiger partial charge in [-0.05, 0) is 72.4 Å². The molecule has 0 aromatic carbocycles. The van der Waals surface area contributed by atoms with Crippen molar-refractivity contribution in [3.63, 3.8) is 0 Å². The smallest absolute Gasteiger partial charge is 0.308 e. The molecule has 1 aliphatic heterocycles. The van der Waals surface area contributed by atoms with Gasteiger partial charge in [0.15, 0.2) is 16.6 Å². The van der Waals surface area contributed by atoms with Crippen LogP contribution in [-0.2, 0) is 18.4 Å². The van der Waals surface area contributed by atoms with Gasteiger partial charge >= 0.3 is 5.97 Å². The van der Waals surface area contributed by atoms with Gasteiger partial charge in [-0.1, -0.05) is 73.6 Å². The van der Waals surface area contributed by atoms with Crippen LogP contribution in [0.5, 0.6) is 0 Å². The van der Waals surface area contributed by atoms with Crippen LogP contribution in [0, 0.1) is 29.6 Å². The third kappa shape index (κ3) is 7.57. The number of aliphatic hydroxyl groups is 1. The molecule has 0 radical (unpaired) electrons. The fourth-order valence-corrected chi connectivity index (χ4v) is 8.42. The Labute approximate surface area is 241 Å². The summed E-state index contributed by atoms with van der Waals surface area (Å²) in [5, 5.41) is 12.1. The summed E-state index contributed by atoms with van der Waals surface area (Å²) in [6.07, 6.45) is 9.14. The van der Waals surface area contributed by atoms with Crippen molar-refractivity contribution >= 4 is 22.6 Å². The molecule has 8 atom stereocenters. The molecule has 0 aromatic heterocycles. The Morgan fingerprint density at radius 1 is 0.949 bits per heavy atom. The van der Waals surface area contributed by atoms with Crippen LogP contribution in [0.3, 0.4) is 0 Å². The van der Waals surface area contributed by atoms with E-state index in [4.69, 9.17) is 13.6 Å². The summed E-state index contributed by atoms with van der Waals surface area (Å²) in [4.78, 5) is 12.6. The average Bonchev–Trinajstić information content (AvgIpc) is 2.76. The van der Waals surface area contributed by atoms with Crippen molar-refractivity contribution in [2.75, 3.05) is 6.61 Å². The molecule has 0 bridgehead atoms. The molecular formula is C32H58O5Si2. The van der Waals surface area contributed by atoms with Gasteiger partial charge in [0.1, 0.15) is 6.10 Å². The number of hydrogen-bond acceptors (Lipinski definition) is 5. The molecule has 3 aliphatic rings. The Hall–Kier alpha value is -0.736. The van der Waals surface area contributed by atoms with Crippen molar-refractivity contribution in [3.8, 4) is 0 Å². The summed E-state index contributed by atoms with van der Waals surface area (Å²) < 4.78 is 19.1. The van der Waals surface area contributed by atoms with Crippen molar-refractivity contribution in [2.45, 2.75) is 136 Å². The summed E-state index contributed by atoms with van der Waals surface area (Å²) in [5.74, 6) is 0.968. The maximum Gasteiger partial charge on any atom is 0.308 e. The second kappa shape index (κ2) is 11.9. The lowest BCUT2D eigenvalue weighted by Crippen LogP contribution is -2.49. The molecule has 39 heavy (non-hydrogen) atoms. The van der Waals surface area contributed by atoms with Crippen LogP contribution in [0.1, 0.15) is 81.1 Å². The van der Waals surface area contributed by atoms with Crippen molar-refractivity contribution in [1.82, 2.24) is 0 Å². The van der Waals surface area contributed by atoms with Gasteiger partial charge in [0.2, 0.25) is 0 Å². The van der Waals surface area contributed by atoms with Gasteiger partial charge < -0.3 is 18.7 Å². The van der Waals surface area contributed by atoms with Crippen LogP contribution in [0.15, 0.2) is 23.8 Å². The summed E-state index contributed by atoms with van der Waals surface area (Å²) in [6.45, 7) is 27.7. The predicted molar refractivity (Wildman–Crippen MR) is 166 cm³/mol. The molecule has 3 rings (SSSR count). The van der Waals surface area contributed by atoms with Gasteiger partial charge in [-0.3, -0.25) is 4.79 Å². The lowest BCUT2D eigenvalue weighted by atomic mass is 9.62. The van der Waals surface area contributed by atoms with E-state index in [2.05, 4.69) is 99.8 Å². The number of ether oxygens (including phenoxy) is 1. The summed E-state index contributed by atoms with van der Waals surface area (Å²) in [7, 11) is -3.87. The molecule has 1 N–H and O–H groups in total. The maximum absolute atomic E-state index is 12.6. The number of hydrogen-bond donors (Lipinski definition) is 1. The first-order valence-corrected chi connectivity index (χ1v) is 21.1. The fourth-order valence-electron chi connectivity index (χ4n) is 6.01. The number of fused-ring (bicyclic) bond motifs is 1. The molecular weight excluding hydrogens is 521 g/mol. The van der Waals surface area contributed by atoms with Gasteiger partial charge in [0, 0.05) is 24.9 Å². The summed E-state index contributed by atoms with van der Waals surface area (Å²) in [5.41, 5.74) is 1.27. The van der Waals surface area contributed by atoms with Gasteiger partial charge in [-0.25, -0.2) is 0 Å². The average molecular weight is 579 g/mol. The molecule has 0 saturated carbocycles. The first-order chi connectivity index (χ1) is 17.7. The topological polar surface area (TPSA) is 65.0 Å². The molecule has 1 saturated heterocycles. The lowest BCUT2D eigenvalue weighted by Gasteiger charge is -2.47. The van der Waals surface area contributed by atoms with E-state index in [-0.39, 0.29) is 46.0 Å². The Bertz CT molecular complexity index is 926. The number of aliphatic hydroxyl groups excluding tert-OH is 1. The van der Waals surface area contributed by atoms with E-state index in [1.54, 1.807) is 0 Å². The highest BCUT2D eigenvalue weighted by Gasteiger charge is 2.46. The van der Waals surface area contributed by atoms with Crippen LogP contribution >= 0.6 is 0 Å². The van der Waals surface area contributed by atoms with Crippen molar-refractivity contribution in [2.24, 2.45) is 29.6 Å². The zero-order valence-electron chi connectivity index (χ0n) is 27.0. The van der Waals surface area contributed by atoms with E-state index in [0.717, 1.165) is 19.3 Å². The Balaban J connectivity index is 1.70. The quantitative estimate of drug-likeness (QED) is 0.234. The number of esters is 1. The maximum atomic E-state index is 12.6. The minimum absolute atomic E-state index is 0.0609. The van der Waals surface area contributed by atoms with Gasteiger partial charge in [0.05, 0.1) is 18.6 Å². The van der Waals surface area contributed by atoms with E-state index in [1.807, 2.05) is 0 Å². The first kappa shape index (κ1) is 32.8. The van der Waals surface area contributed by atoms with Crippen molar-refractivity contribution in [1.29, 1.82) is 0 Å². The minimum atomic E-state index is -1.96. The van der Waals surface area contributed by atoms with E-state index in [0.29, 0.717) is 24.9 Å². The highest BCUT2D eigenvalue weighted by atomic mass is 28.4. The standard InChI is InChI=1S/C32H58O5Si2/c1-21-13-14-23-17-22(2)27(20-35-38(9,10)31(3,4)5)30(34)29(23)26(21)16-15-24-18-25(19-28(33)36-24)37-39(11,12)32(6,7)8/h13-14,17,21-22,24-27,29-30,34H,15-16,18-20H2,1-12H3/t21-,22-,24+,25+,26-,27+,29-,30-/m0/s1. The Kier molecular flexibility index (Phi) is 9.97. The van der Waals surface area contributed by atoms with Crippen LogP contribution in [-0.4, -0.2) is 52.6 Å². The number of rotatable bonds is 8. The second-order valence-electron chi connectivity index (χ2n) is 15.8. The fraction of sp³-hybridized carbons (Fsp3) is 0.844. The van der Waals surface area contributed by atoms with Crippen LogP contribution in [0.25, 0.3) is 0 Å². The lowest BCUT2D eigenvalue weighted by molar-refractivity contribution is -0.160. The molecule has 224 valence electrons. The van der Waals surface area contributed by atoms with Crippen molar-refractivity contribution < 1.29 is 23.5 Å². The molecule has 1 fully saturated rings. The normalized spacial score (nSPS) is 34.4. The van der Waals surface area contributed by atoms with E-state index < -0.39 is 22.7 Å². The van der Waals surface area contributed by atoms with Crippen molar-refractivity contribution in [3.05, 3.63) is 23.8 Å². The van der Waals surface area contributed by atoms with Gasteiger partial charge in [-0.15, -0.1) is 0 Å². The number of carbonyl (C=O) groups is 1. The molecule has 5 nitrogen and oxygen atoms in total. The van der Waals surface area contributed by atoms with Crippen LogP contribution in [0.2, 0.25) is 36.3 Å². The Morgan fingerprint density at radius 2 is 1.56 bits per heavy atom. The second-order valence-corrected chi connectivity index (χ2v) is 25.4. The number of carbonyl (C=O) groups excluding carboxylic acids is 1. The highest BCUT2D eigenvalue weighted by molar-refractivity contribution is 6.74. The zero-order valence-corrected chi connectivity index (χ0v) is 29.0. The minimum Gasteiger partial charge on any atom is -0.462 e. The number of allylic oxidation sites excluding steroid dienone is 3. The van der Waals surface area contributed by atoms with E-state index >= 15 is 0 Å². The summed E-state index contributed by atoms with van der Waals surface area (Å²) >= 11 is 0. The first-order valence-electron chi connectivity index (χ1n) is 15.3. The zero-order chi connectivity index (χ0) is 29.6. The van der Waals surface area contributed by atoms with E-state index in [9.17, 15) is 9.90 Å². The third-order valence-corrected chi connectivity index (χ3v) is 19.8. The number of cyclic esters (lactones) is 1. The highest BCUT2D eigenvalue weighted by Crippen LogP contribution is 2.47. The van der Waals surface area contributed by atoms with E-state index in [1.165, 1.54) is 5.57 Å². The Morgan fingerprint density at radius 3 is 2.15 bits per heavy atom.